The van der Waals surface area contributed by atoms with Gasteiger partial charge in [-0.05, 0) is 31.4 Å². The van der Waals surface area contributed by atoms with Gasteiger partial charge in [0.05, 0.1) is 10.5 Å². The number of aliphatic carboxylic acids is 1. The number of nitro benzene ring substituents is 1. The van der Waals surface area contributed by atoms with E-state index in [0.717, 1.165) is 0 Å². The van der Waals surface area contributed by atoms with Crippen LogP contribution in [0.5, 0.6) is 0 Å². The molecule has 114 valence electrons. The molecule has 0 unspecified atom stereocenters. The SMILES string of the molecule is CC(=O)c1cc(N[C@H](CC(C)C)C(=O)O)ccc1[N+](=O)[O-]. The molecule has 0 heterocycles. The second kappa shape index (κ2) is 6.83. The molecule has 0 fully saturated rings. The molecule has 0 bridgehead atoms. The van der Waals surface area contributed by atoms with Crippen LogP contribution in [-0.4, -0.2) is 27.8 Å². The average molecular weight is 294 g/mol. The minimum atomic E-state index is -1.01. The van der Waals surface area contributed by atoms with E-state index < -0.39 is 22.7 Å². The summed E-state index contributed by atoms with van der Waals surface area (Å²) in [7, 11) is 0. The number of carbonyl (C=O) groups is 2. The van der Waals surface area contributed by atoms with E-state index in [4.69, 9.17) is 5.11 Å². The van der Waals surface area contributed by atoms with E-state index in [1.807, 2.05) is 13.8 Å². The molecule has 0 aromatic heterocycles. The van der Waals surface area contributed by atoms with Crippen LogP contribution in [0.25, 0.3) is 0 Å². The highest BCUT2D eigenvalue weighted by Crippen LogP contribution is 2.24. The Balaban J connectivity index is 3.08. The fourth-order valence-corrected chi connectivity index (χ4v) is 1.96. The summed E-state index contributed by atoms with van der Waals surface area (Å²) in [5, 5.41) is 22.8. The number of carboxylic acid groups (broad SMARTS) is 1. The number of rotatable bonds is 7. The highest BCUT2D eigenvalue weighted by atomic mass is 16.6. The van der Waals surface area contributed by atoms with Crippen molar-refractivity contribution in [3.05, 3.63) is 33.9 Å². The van der Waals surface area contributed by atoms with Crippen LogP contribution in [0.3, 0.4) is 0 Å². The predicted octanol–water partition coefficient (Wildman–Crippen LogP) is 2.71. The topological polar surface area (TPSA) is 110 Å². The van der Waals surface area contributed by atoms with E-state index in [1.54, 1.807) is 0 Å². The minimum Gasteiger partial charge on any atom is -0.480 e. The quantitative estimate of drug-likeness (QED) is 0.454. The predicted molar refractivity (Wildman–Crippen MR) is 77.6 cm³/mol. The Morgan fingerprint density at radius 1 is 1.38 bits per heavy atom. The molecule has 2 N–H and O–H groups in total. The van der Waals surface area contributed by atoms with Gasteiger partial charge in [-0.2, -0.15) is 0 Å². The molecule has 1 aromatic rings. The zero-order chi connectivity index (χ0) is 16.2. The van der Waals surface area contributed by atoms with E-state index >= 15 is 0 Å². The molecule has 1 atom stereocenters. The number of nitro groups is 1. The number of nitrogens with zero attached hydrogens (tertiary/aromatic N) is 1. The Labute approximate surface area is 122 Å². The Hall–Kier alpha value is -2.44. The Kier molecular flexibility index (Phi) is 5.40. The van der Waals surface area contributed by atoms with Gasteiger partial charge in [-0.3, -0.25) is 14.9 Å². The molecule has 0 radical (unpaired) electrons. The highest BCUT2D eigenvalue weighted by Gasteiger charge is 2.21. The number of carboxylic acids is 1. The molecule has 1 aromatic carbocycles. The summed E-state index contributed by atoms with van der Waals surface area (Å²) in [6, 6.07) is 3.11. The number of nitrogens with one attached hydrogen (secondary N) is 1. The number of hydrogen-bond donors (Lipinski definition) is 2. The largest absolute Gasteiger partial charge is 0.480 e. The van der Waals surface area contributed by atoms with E-state index in [-0.39, 0.29) is 17.2 Å². The Morgan fingerprint density at radius 2 is 2.00 bits per heavy atom. The second-order valence-corrected chi connectivity index (χ2v) is 5.21. The summed E-state index contributed by atoms with van der Waals surface area (Å²) >= 11 is 0. The normalized spacial score (nSPS) is 12.0. The highest BCUT2D eigenvalue weighted by molar-refractivity contribution is 5.99. The first-order valence-electron chi connectivity index (χ1n) is 6.51. The van der Waals surface area contributed by atoms with Gasteiger partial charge in [-0.25, -0.2) is 4.79 Å². The number of ketones is 1. The number of benzene rings is 1. The summed E-state index contributed by atoms with van der Waals surface area (Å²) in [6.07, 6.45) is 0.404. The zero-order valence-corrected chi connectivity index (χ0v) is 12.1. The maximum absolute atomic E-state index is 11.5. The molecule has 0 aliphatic rings. The lowest BCUT2D eigenvalue weighted by Crippen LogP contribution is -2.30. The number of Topliss-reactive ketones (excluding diaryl/α,β-unsaturated/α-hetero) is 1. The summed E-state index contributed by atoms with van der Waals surface area (Å²) < 4.78 is 0. The van der Waals surface area contributed by atoms with E-state index in [9.17, 15) is 19.7 Å². The first kappa shape index (κ1) is 16.6. The molecule has 7 nitrogen and oxygen atoms in total. The summed E-state index contributed by atoms with van der Waals surface area (Å²) in [5.41, 5.74) is 0.0429. The molecule has 1 rings (SSSR count). The fraction of sp³-hybridized carbons (Fsp3) is 0.429. The number of hydrogen-bond acceptors (Lipinski definition) is 5. The maximum Gasteiger partial charge on any atom is 0.326 e. The van der Waals surface area contributed by atoms with Crippen molar-refractivity contribution in [1.82, 2.24) is 0 Å². The van der Waals surface area contributed by atoms with Crippen molar-refractivity contribution < 1.29 is 19.6 Å². The smallest absolute Gasteiger partial charge is 0.326 e. The van der Waals surface area contributed by atoms with Crippen molar-refractivity contribution >= 4 is 23.1 Å². The van der Waals surface area contributed by atoms with Crippen molar-refractivity contribution in [1.29, 1.82) is 0 Å². The first-order chi connectivity index (χ1) is 9.72. The van der Waals surface area contributed by atoms with Crippen molar-refractivity contribution in [2.24, 2.45) is 5.92 Å². The van der Waals surface area contributed by atoms with Crippen LogP contribution < -0.4 is 5.32 Å². The summed E-state index contributed by atoms with van der Waals surface area (Å²) in [6.45, 7) is 5.03. The van der Waals surface area contributed by atoms with Gasteiger partial charge in [-0.1, -0.05) is 13.8 Å². The third kappa shape index (κ3) is 4.55. The lowest BCUT2D eigenvalue weighted by Gasteiger charge is -2.18. The van der Waals surface area contributed by atoms with Crippen LogP contribution in [-0.2, 0) is 4.79 Å². The summed E-state index contributed by atoms with van der Waals surface area (Å²) in [5.74, 6) is -1.28. The van der Waals surface area contributed by atoms with E-state index in [2.05, 4.69) is 5.32 Å². The van der Waals surface area contributed by atoms with Crippen LogP contribution >= 0.6 is 0 Å². The van der Waals surface area contributed by atoms with Crippen molar-refractivity contribution in [3.8, 4) is 0 Å². The third-order valence-electron chi connectivity index (χ3n) is 2.92. The van der Waals surface area contributed by atoms with Gasteiger partial charge < -0.3 is 10.4 Å². The molecular formula is C14H18N2O5. The molecule has 0 saturated carbocycles. The van der Waals surface area contributed by atoms with Crippen molar-refractivity contribution in [2.45, 2.75) is 33.2 Å². The molecule has 0 aliphatic carbocycles. The number of carbonyl (C=O) groups excluding carboxylic acids is 1. The van der Waals surface area contributed by atoms with Crippen molar-refractivity contribution in [3.63, 3.8) is 0 Å². The van der Waals surface area contributed by atoms with Gasteiger partial charge in [0.1, 0.15) is 6.04 Å². The van der Waals surface area contributed by atoms with Crippen LogP contribution in [0, 0.1) is 16.0 Å². The molecule has 0 amide bonds. The zero-order valence-electron chi connectivity index (χ0n) is 12.1. The van der Waals surface area contributed by atoms with Crippen LogP contribution in [0.2, 0.25) is 0 Å². The Bertz CT molecular complexity index is 568. The molecule has 21 heavy (non-hydrogen) atoms. The van der Waals surface area contributed by atoms with Gasteiger partial charge in [0.2, 0.25) is 0 Å². The second-order valence-electron chi connectivity index (χ2n) is 5.21. The van der Waals surface area contributed by atoms with Crippen LogP contribution in [0.1, 0.15) is 37.6 Å². The lowest BCUT2D eigenvalue weighted by atomic mass is 10.0. The molecule has 0 aliphatic heterocycles. The fourth-order valence-electron chi connectivity index (χ4n) is 1.96. The van der Waals surface area contributed by atoms with Gasteiger partial charge in [0.25, 0.3) is 5.69 Å². The molecule has 7 heteroatoms. The van der Waals surface area contributed by atoms with Crippen LogP contribution in [0.4, 0.5) is 11.4 Å². The maximum atomic E-state index is 11.5. The van der Waals surface area contributed by atoms with Gasteiger partial charge in [-0.15, -0.1) is 0 Å². The van der Waals surface area contributed by atoms with Crippen LogP contribution in [0.15, 0.2) is 18.2 Å². The van der Waals surface area contributed by atoms with Gasteiger partial charge in [0, 0.05) is 11.8 Å². The molecule has 0 saturated heterocycles. The van der Waals surface area contributed by atoms with Gasteiger partial charge >= 0.3 is 5.97 Å². The monoisotopic (exact) mass is 294 g/mol. The lowest BCUT2D eigenvalue weighted by molar-refractivity contribution is -0.385. The first-order valence-corrected chi connectivity index (χ1v) is 6.51. The van der Waals surface area contributed by atoms with Gasteiger partial charge in [0.15, 0.2) is 5.78 Å². The minimum absolute atomic E-state index is 0.0429. The molecule has 0 spiro atoms. The Morgan fingerprint density at radius 3 is 2.43 bits per heavy atom. The third-order valence-corrected chi connectivity index (χ3v) is 2.92. The summed E-state index contributed by atoms with van der Waals surface area (Å²) in [4.78, 5) is 32.9. The standard InChI is InChI=1S/C14H18N2O5/c1-8(2)6-12(14(18)19)15-10-4-5-13(16(20)21)11(7-10)9(3)17/h4-5,7-8,12,15H,6H2,1-3H3,(H,18,19)/t12-/m1/s1. The van der Waals surface area contributed by atoms with E-state index in [1.165, 1.54) is 25.1 Å². The van der Waals surface area contributed by atoms with E-state index in [0.29, 0.717) is 12.1 Å². The number of anilines is 1. The average Bonchev–Trinajstić information content (AvgIpc) is 2.36. The van der Waals surface area contributed by atoms with Crippen molar-refractivity contribution in [2.75, 3.05) is 5.32 Å². The molecular weight excluding hydrogens is 276 g/mol.